The van der Waals surface area contributed by atoms with E-state index in [9.17, 15) is 24.3 Å². The van der Waals surface area contributed by atoms with E-state index in [1.807, 2.05) is 59.9 Å². The normalized spacial score (nSPS) is 20.3. The number of pyridine rings is 2. The van der Waals surface area contributed by atoms with E-state index in [2.05, 4.69) is 48.5 Å². The molecule has 2 aliphatic carbocycles. The van der Waals surface area contributed by atoms with Gasteiger partial charge in [0.2, 0.25) is 0 Å². The molecule has 0 radical (unpaired) electrons. The van der Waals surface area contributed by atoms with Gasteiger partial charge in [0, 0.05) is 58.8 Å². The molecule has 0 unspecified atom stereocenters. The van der Waals surface area contributed by atoms with Crippen LogP contribution in [0.2, 0.25) is 0 Å². The molecule has 2 saturated carbocycles. The summed E-state index contributed by atoms with van der Waals surface area (Å²) in [5.41, 5.74) is -1.30. The second kappa shape index (κ2) is 16.2. The molecule has 0 saturated heterocycles. The van der Waals surface area contributed by atoms with Crippen LogP contribution in [0, 0.1) is 3.57 Å². The Balaban J connectivity index is 0.000000237. The number of carbonyl (C=O) groups excluding carboxylic acids is 1. The molecule has 0 spiro atoms. The molecule has 2 amide bonds. The molecular weight excluding hydrogens is 755 g/mol. The summed E-state index contributed by atoms with van der Waals surface area (Å²) in [6.07, 6.45) is 8.73. The molecule has 3 aromatic heterocycles. The van der Waals surface area contributed by atoms with Crippen LogP contribution >= 0.6 is 22.6 Å². The molecule has 4 atom stereocenters. The molecular formula is C35H49IN8O6. The number of alkyl carbamates (subject to hydrolysis) is 1. The summed E-state index contributed by atoms with van der Waals surface area (Å²) in [5.74, 6) is 1.51. The molecule has 0 aromatic carbocycles. The van der Waals surface area contributed by atoms with Crippen molar-refractivity contribution in [2.24, 2.45) is 7.05 Å². The summed E-state index contributed by atoms with van der Waals surface area (Å²) in [7, 11) is 1.59. The Morgan fingerprint density at radius 2 is 1.48 bits per heavy atom. The van der Waals surface area contributed by atoms with Crippen LogP contribution in [0.3, 0.4) is 0 Å². The minimum Gasteiger partial charge on any atom is -0.465 e. The van der Waals surface area contributed by atoms with E-state index >= 15 is 0 Å². The van der Waals surface area contributed by atoms with Gasteiger partial charge in [0.25, 0.3) is 5.56 Å². The number of ether oxygens (including phenoxy) is 1. The van der Waals surface area contributed by atoms with Crippen molar-refractivity contribution in [3.63, 3.8) is 0 Å². The van der Waals surface area contributed by atoms with Crippen LogP contribution in [0.1, 0.15) is 80.1 Å². The van der Waals surface area contributed by atoms with Gasteiger partial charge in [-0.1, -0.05) is 0 Å². The Hall–Kier alpha value is -4.15. The zero-order chi connectivity index (χ0) is 36.8. The molecule has 0 aliphatic heterocycles. The quantitative estimate of drug-likeness (QED) is 0.221. The van der Waals surface area contributed by atoms with Crippen molar-refractivity contribution >= 4 is 46.4 Å². The summed E-state index contributed by atoms with van der Waals surface area (Å²) in [5, 5.41) is 19.1. The molecule has 15 heteroatoms. The van der Waals surface area contributed by atoms with Gasteiger partial charge in [-0.15, -0.1) is 0 Å². The number of nitrogens with zero attached hydrogens (tertiary/aromatic N) is 5. The zero-order valence-electron chi connectivity index (χ0n) is 29.8. The second-order valence-corrected chi connectivity index (χ2v) is 16.0. The predicted molar refractivity (Wildman–Crippen MR) is 201 cm³/mol. The minimum atomic E-state index is -0.833. The number of aromatic nitrogens is 4. The second-order valence-electron chi connectivity index (χ2n) is 14.8. The summed E-state index contributed by atoms with van der Waals surface area (Å²) in [6.45, 7) is 11.3. The number of nitrogens with one attached hydrogen (secondary N) is 3. The molecule has 2 aliphatic rings. The van der Waals surface area contributed by atoms with Crippen LogP contribution in [0.25, 0.3) is 5.69 Å². The molecule has 3 aromatic rings. The zero-order valence-corrected chi connectivity index (χ0v) is 31.9. The standard InChI is InChI=1S/C20H27N5O4.C15H22IN3O2/c1-20(2,3)29-18(27)23-14-6-5-13(11-14)22-16-8-7-15(12-21-16)25-17(26)9-10-24(4)19(25)28;1-15(2,3)19(14(20)21)12-6-5-11(8-12)18-13-7-4-10(16)9-17-13/h7-10,12-14H,5-6,11H2,1-4H3,(H,21,22)(H,23,27);4,7,9,11-12H,5-6,8H2,1-3H3,(H,17,18)(H,20,21)/t13-,14-;11-,12-/m00/s1. The third kappa shape index (κ3) is 10.9. The highest BCUT2D eigenvalue weighted by atomic mass is 127. The fourth-order valence-corrected chi connectivity index (χ4v) is 6.64. The van der Waals surface area contributed by atoms with E-state index in [0.717, 1.165) is 52.5 Å². The lowest BCUT2D eigenvalue weighted by molar-refractivity contribution is 0.0504. The Kier molecular flexibility index (Phi) is 12.6. The number of hydrogen-bond donors (Lipinski definition) is 4. The molecule has 5 rings (SSSR count). The van der Waals surface area contributed by atoms with Crippen molar-refractivity contribution in [2.75, 3.05) is 10.6 Å². The number of halogens is 1. The molecule has 4 N–H and O–H groups in total. The minimum absolute atomic E-state index is 0.0486. The molecule has 0 bridgehead atoms. The lowest BCUT2D eigenvalue weighted by atomic mass is 10.0. The average molecular weight is 805 g/mol. The summed E-state index contributed by atoms with van der Waals surface area (Å²) < 4.78 is 8.82. The van der Waals surface area contributed by atoms with Gasteiger partial charge in [-0.25, -0.2) is 28.9 Å². The number of carbonyl (C=O) groups is 2. The SMILES string of the molecule is CC(C)(C)N(C(=O)O)[C@H]1CC[C@H](Nc2ccc(I)cn2)C1.Cn1ccc(=O)n(-c2ccc(N[C@H]3CC[C@H](NC(=O)OC(C)(C)C)C3)nc2)c1=O. The number of amides is 2. The molecule has 50 heavy (non-hydrogen) atoms. The van der Waals surface area contributed by atoms with E-state index in [1.165, 1.54) is 23.0 Å². The lowest BCUT2D eigenvalue weighted by Crippen LogP contribution is -2.50. The molecule has 2 fully saturated rings. The van der Waals surface area contributed by atoms with Crippen LogP contribution in [-0.4, -0.2) is 76.6 Å². The van der Waals surface area contributed by atoms with Crippen molar-refractivity contribution in [3.8, 4) is 5.69 Å². The van der Waals surface area contributed by atoms with Gasteiger partial charge >= 0.3 is 17.9 Å². The fourth-order valence-electron chi connectivity index (χ4n) is 6.32. The summed E-state index contributed by atoms with van der Waals surface area (Å²) >= 11 is 2.23. The van der Waals surface area contributed by atoms with Crippen molar-refractivity contribution in [1.29, 1.82) is 0 Å². The Bertz CT molecular complexity index is 1730. The number of carboxylic acid groups (broad SMARTS) is 1. The number of rotatable bonds is 7. The van der Waals surface area contributed by atoms with E-state index in [4.69, 9.17) is 4.74 Å². The van der Waals surface area contributed by atoms with E-state index in [1.54, 1.807) is 24.1 Å². The van der Waals surface area contributed by atoms with Crippen molar-refractivity contribution in [3.05, 3.63) is 73.3 Å². The van der Waals surface area contributed by atoms with E-state index in [-0.39, 0.29) is 29.7 Å². The van der Waals surface area contributed by atoms with Crippen LogP contribution in [-0.2, 0) is 11.8 Å². The van der Waals surface area contributed by atoms with Gasteiger partial charge in [0.05, 0.1) is 11.9 Å². The molecule has 272 valence electrons. The third-order valence-corrected chi connectivity index (χ3v) is 9.08. The highest BCUT2D eigenvalue weighted by molar-refractivity contribution is 14.1. The first kappa shape index (κ1) is 38.6. The molecule has 3 heterocycles. The van der Waals surface area contributed by atoms with E-state index in [0.29, 0.717) is 11.5 Å². The first-order valence-corrected chi connectivity index (χ1v) is 17.9. The van der Waals surface area contributed by atoms with Gasteiger partial charge in [-0.3, -0.25) is 4.79 Å². The Morgan fingerprint density at radius 1 is 0.880 bits per heavy atom. The maximum atomic E-state index is 12.2. The summed E-state index contributed by atoms with van der Waals surface area (Å²) in [4.78, 5) is 57.9. The third-order valence-electron chi connectivity index (χ3n) is 8.44. The highest BCUT2D eigenvalue weighted by Gasteiger charge is 2.38. The fraction of sp³-hybridized carbons (Fsp3) is 0.543. The highest BCUT2D eigenvalue weighted by Crippen LogP contribution is 2.31. The van der Waals surface area contributed by atoms with Gasteiger partial charge in [-0.05, 0) is 127 Å². The maximum absolute atomic E-state index is 12.2. The van der Waals surface area contributed by atoms with Crippen molar-refractivity contribution in [2.45, 2.75) is 115 Å². The van der Waals surface area contributed by atoms with Crippen LogP contribution in [0.5, 0.6) is 0 Å². The predicted octanol–water partition coefficient (Wildman–Crippen LogP) is 5.59. The summed E-state index contributed by atoms with van der Waals surface area (Å²) in [6, 6.07) is 9.31. The monoisotopic (exact) mass is 804 g/mol. The van der Waals surface area contributed by atoms with Gasteiger partial charge in [0.15, 0.2) is 0 Å². The first-order chi connectivity index (χ1) is 23.4. The van der Waals surface area contributed by atoms with Gasteiger partial charge in [-0.2, -0.15) is 0 Å². The Morgan fingerprint density at radius 3 is 2.04 bits per heavy atom. The van der Waals surface area contributed by atoms with Gasteiger partial charge in [0.1, 0.15) is 17.2 Å². The number of anilines is 2. The molecule has 14 nitrogen and oxygen atoms in total. The van der Waals surface area contributed by atoms with E-state index < -0.39 is 29.0 Å². The van der Waals surface area contributed by atoms with Crippen molar-refractivity contribution < 1.29 is 19.4 Å². The maximum Gasteiger partial charge on any atom is 0.407 e. The Labute approximate surface area is 306 Å². The lowest BCUT2D eigenvalue weighted by Gasteiger charge is -2.38. The van der Waals surface area contributed by atoms with Crippen LogP contribution < -0.4 is 27.2 Å². The smallest absolute Gasteiger partial charge is 0.407 e. The average Bonchev–Trinajstić information content (AvgIpc) is 3.64. The van der Waals surface area contributed by atoms with Crippen LogP contribution in [0.4, 0.5) is 21.2 Å². The first-order valence-electron chi connectivity index (χ1n) is 16.8. The topological polar surface area (TPSA) is 173 Å². The van der Waals surface area contributed by atoms with Crippen LogP contribution in [0.15, 0.2) is 58.5 Å². The number of hydrogen-bond acceptors (Lipinski definition) is 9. The van der Waals surface area contributed by atoms with Gasteiger partial charge < -0.3 is 35.3 Å². The van der Waals surface area contributed by atoms with Crippen molar-refractivity contribution in [1.82, 2.24) is 29.3 Å². The largest absolute Gasteiger partial charge is 0.465 e. The number of aryl methyl sites for hydroxylation is 1.